The fourth-order valence-electron chi connectivity index (χ4n) is 4.76. The van der Waals surface area contributed by atoms with Gasteiger partial charge in [-0.1, -0.05) is 0 Å². The van der Waals surface area contributed by atoms with Crippen molar-refractivity contribution in [2.24, 2.45) is 29.6 Å². The van der Waals surface area contributed by atoms with Gasteiger partial charge in [0.2, 0.25) is 5.78 Å². The summed E-state index contributed by atoms with van der Waals surface area (Å²) in [6.07, 6.45) is 6.26. The van der Waals surface area contributed by atoms with Gasteiger partial charge in [0.05, 0.1) is 0 Å². The lowest BCUT2D eigenvalue weighted by atomic mass is 9.51. The fraction of sp³-hybridized carbons (Fsp3) is 0.929. The number of alkyl halides is 2. The molecule has 0 heterocycles. The molecule has 0 aliphatic heterocycles. The van der Waals surface area contributed by atoms with Gasteiger partial charge >= 0.3 is 5.92 Å². The number of carbonyl (C=O) groups excluding carboxylic acids is 1. The lowest BCUT2D eigenvalue weighted by Crippen LogP contribution is -2.46. The predicted octanol–water partition coefficient (Wildman–Crippen LogP) is 3.67. The monoisotopic (exact) mass is 242 g/mol. The second-order valence-electron chi connectivity index (χ2n) is 6.61. The molecule has 4 aliphatic rings. The van der Waals surface area contributed by atoms with Gasteiger partial charge in [0.25, 0.3) is 0 Å². The molecular weight excluding hydrogens is 222 g/mol. The van der Waals surface area contributed by atoms with Crippen LogP contribution in [0.5, 0.6) is 0 Å². The van der Waals surface area contributed by atoms with E-state index in [1.54, 1.807) is 0 Å². The summed E-state index contributed by atoms with van der Waals surface area (Å²) < 4.78 is 26.0. The van der Waals surface area contributed by atoms with Gasteiger partial charge in [-0.2, -0.15) is 8.78 Å². The van der Waals surface area contributed by atoms with Gasteiger partial charge in [0.15, 0.2) is 0 Å². The maximum absolute atomic E-state index is 13.0. The molecule has 4 fully saturated rings. The minimum Gasteiger partial charge on any atom is -0.293 e. The summed E-state index contributed by atoms with van der Waals surface area (Å²) in [5, 5.41) is 0. The molecule has 17 heavy (non-hydrogen) atoms. The van der Waals surface area contributed by atoms with Crippen molar-refractivity contribution in [3.63, 3.8) is 0 Å². The van der Waals surface area contributed by atoms with Gasteiger partial charge < -0.3 is 0 Å². The molecule has 4 saturated carbocycles. The molecule has 0 saturated heterocycles. The highest BCUT2D eigenvalue weighted by Crippen LogP contribution is 2.57. The number of ketones is 1. The smallest absolute Gasteiger partial charge is 0.293 e. The van der Waals surface area contributed by atoms with Crippen molar-refractivity contribution in [2.75, 3.05) is 0 Å². The average Bonchev–Trinajstić information content (AvgIpc) is 2.20. The Labute approximate surface area is 101 Å². The first kappa shape index (κ1) is 11.6. The summed E-state index contributed by atoms with van der Waals surface area (Å²) in [6, 6.07) is 0. The lowest BCUT2D eigenvalue weighted by Gasteiger charge is -2.54. The molecule has 0 N–H and O–H groups in total. The Kier molecular flexibility index (Phi) is 2.57. The van der Waals surface area contributed by atoms with Crippen LogP contribution in [0.1, 0.15) is 45.4 Å². The normalized spacial score (nSPS) is 44.1. The number of rotatable bonds is 3. The van der Waals surface area contributed by atoms with Crippen LogP contribution in [0.15, 0.2) is 0 Å². The molecule has 4 bridgehead atoms. The zero-order valence-electron chi connectivity index (χ0n) is 10.3. The molecule has 0 aromatic carbocycles. The molecule has 0 radical (unpaired) electrons. The maximum Gasteiger partial charge on any atom is 0.302 e. The third kappa shape index (κ3) is 2.02. The van der Waals surface area contributed by atoms with E-state index in [0.29, 0.717) is 11.8 Å². The van der Waals surface area contributed by atoms with Gasteiger partial charge in [-0.25, -0.2) is 0 Å². The van der Waals surface area contributed by atoms with E-state index in [0.717, 1.165) is 18.8 Å². The molecule has 0 atom stereocenters. The van der Waals surface area contributed by atoms with Crippen molar-refractivity contribution in [1.29, 1.82) is 0 Å². The fourth-order valence-corrected chi connectivity index (χ4v) is 4.76. The van der Waals surface area contributed by atoms with Crippen molar-refractivity contribution in [3.05, 3.63) is 0 Å². The van der Waals surface area contributed by atoms with E-state index in [9.17, 15) is 13.6 Å². The van der Waals surface area contributed by atoms with Crippen molar-refractivity contribution < 1.29 is 13.6 Å². The first-order valence-electron chi connectivity index (χ1n) is 6.84. The molecule has 4 aliphatic carbocycles. The zero-order chi connectivity index (χ0) is 12.2. The van der Waals surface area contributed by atoms with E-state index >= 15 is 0 Å². The topological polar surface area (TPSA) is 17.1 Å². The van der Waals surface area contributed by atoms with E-state index in [1.165, 1.54) is 32.1 Å². The van der Waals surface area contributed by atoms with Crippen molar-refractivity contribution >= 4 is 5.78 Å². The third-order valence-corrected chi connectivity index (χ3v) is 5.33. The number of hydrogen-bond donors (Lipinski definition) is 0. The standard InChI is InChI=1S/C14H20F2O/c1-14(15,16)13(17)7-12-10-3-8-2-9(5-10)6-11(12)4-8/h8-12H,2-7H2,1H3. The maximum atomic E-state index is 13.0. The molecule has 4 rings (SSSR count). The minimum absolute atomic E-state index is 0.123. The molecule has 1 nitrogen and oxygen atoms in total. The number of halogens is 2. The van der Waals surface area contributed by atoms with E-state index < -0.39 is 11.7 Å². The number of carbonyl (C=O) groups is 1. The quantitative estimate of drug-likeness (QED) is 0.738. The highest BCUT2D eigenvalue weighted by atomic mass is 19.3. The van der Waals surface area contributed by atoms with Crippen LogP contribution in [0.4, 0.5) is 8.78 Å². The zero-order valence-corrected chi connectivity index (χ0v) is 10.3. The lowest BCUT2D eigenvalue weighted by molar-refractivity contribution is -0.145. The van der Waals surface area contributed by atoms with Gasteiger partial charge in [-0.05, 0) is 61.7 Å². The van der Waals surface area contributed by atoms with Gasteiger partial charge in [0.1, 0.15) is 0 Å². The number of Topliss-reactive ketones (excluding diaryl/α,β-unsaturated/α-hetero) is 1. The highest BCUT2D eigenvalue weighted by Gasteiger charge is 2.49. The Bertz CT molecular complexity index is 304. The van der Waals surface area contributed by atoms with Gasteiger partial charge in [-0.15, -0.1) is 0 Å². The molecule has 0 amide bonds. The Hall–Kier alpha value is -0.470. The molecule has 0 aromatic heterocycles. The Morgan fingerprint density at radius 1 is 1.06 bits per heavy atom. The second-order valence-corrected chi connectivity index (χ2v) is 6.61. The summed E-state index contributed by atoms with van der Waals surface area (Å²) >= 11 is 0. The second kappa shape index (κ2) is 3.76. The molecule has 0 unspecified atom stereocenters. The summed E-state index contributed by atoms with van der Waals surface area (Å²) in [5.41, 5.74) is 0. The van der Waals surface area contributed by atoms with Crippen LogP contribution in [-0.4, -0.2) is 11.7 Å². The molecule has 0 aromatic rings. The molecule has 96 valence electrons. The van der Waals surface area contributed by atoms with E-state index in [4.69, 9.17) is 0 Å². The van der Waals surface area contributed by atoms with Crippen LogP contribution < -0.4 is 0 Å². The van der Waals surface area contributed by atoms with Crippen LogP contribution in [0, 0.1) is 29.6 Å². The number of hydrogen-bond acceptors (Lipinski definition) is 1. The van der Waals surface area contributed by atoms with Gasteiger partial charge in [-0.3, -0.25) is 4.79 Å². The van der Waals surface area contributed by atoms with Crippen molar-refractivity contribution in [1.82, 2.24) is 0 Å². The van der Waals surface area contributed by atoms with Crippen LogP contribution in [0.3, 0.4) is 0 Å². The molecule has 3 heteroatoms. The van der Waals surface area contributed by atoms with Crippen LogP contribution in [0.2, 0.25) is 0 Å². The van der Waals surface area contributed by atoms with Crippen LogP contribution >= 0.6 is 0 Å². The van der Waals surface area contributed by atoms with E-state index in [1.807, 2.05) is 0 Å². The highest BCUT2D eigenvalue weighted by molar-refractivity contribution is 5.85. The van der Waals surface area contributed by atoms with Crippen molar-refractivity contribution in [3.8, 4) is 0 Å². The van der Waals surface area contributed by atoms with Crippen LogP contribution in [-0.2, 0) is 4.79 Å². The summed E-state index contributed by atoms with van der Waals surface area (Å²) in [7, 11) is 0. The van der Waals surface area contributed by atoms with Crippen molar-refractivity contribution in [2.45, 2.75) is 51.4 Å². The third-order valence-electron chi connectivity index (χ3n) is 5.33. The Balaban J connectivity index is 1.70. The SMILES string of the molecule is CC(F)(F)C(=O)CC1C2CC3CC(C2)CC1C3. The van der Waals surface area contributed by atoms with Crippen LogP contribution in [0.25, 0.3) is 0 Å². The van der Waals surface area contributed by atoms with Gasteiger partial charge in [0, 0.05) is 13.3 Å². The van der Waals surface area contributed by atoms with E-state index in [-0.39, 0.29) is 12.3 Å². The summed E-state index contributed by atoms with van der Waals surface area (Å²) in [5.74, 6) is -0.891. The first-order valence-corrected chi connectivity index (χ1v) is 6.84. The minimum atomic E-state index is -3.13. The first-order chi connectivity index (χ1) is 7.93. The summed E-state index contributed by atoms with van der Waals surface area (Å²) in [6.45, 7) is 0.741. The summed E-state index contributed by atoms with van der Waals surface area (Å²) in [4.78, 5) is 11.5. The predicted molar refractivity (Wildman–Crippen MR) is 60.8 cm³/mol. The average molecular weight is 242 g/mol. The largest absolute Gasteiger partial charge is 0.302 e. The molecular formula is C14H20F2O. The Morgan fingerprint density at radius 3 is 1.94 bits per heavy atom. The Morgan fingerprint density at radius 2 is 1.53 bits per heavy atom. The molecule has 0 spiro atoms. The van der Waals surface area contributed by atoms with E-state index in [2.05, 4.69) is 0 Å².